The van der Waals surface area contributed by atoms with Gasteiger partial charge in [0.15, 0.2) is 0 Å². The smallest absolute Gasteiger partial charge is 0.226 e. The van der Waals surface area contributed by atoms with E-state index >= 15 is 0 Å². The number of aromatic nitrogens is 2. The second kappa shape index (κ2) is 6.70. The van der Waals surface area contributed by atoms with E-state index in [1.807, 2.05) is 26.8 Å². The minimum absolute atomic E-state index is 0.119. The van der Waals surface area contributed by atoms with E-state index in [0.29, 0.717) is 17.9 Å². The van der Waals surface area contributed by atoms with E-state index < -0.39 is 0 Å². The van der Waals surface area contributed by atoms with Crippen LogP contribution >= 0.6 is 0 Å². The molecule has 2 rings (SSSR count). The standard InChI is InChI=1S/C14H23N3O2/c1-10(2)19-13-9-11(3)16-14(17-13)15-7-6-12-5-4-8-18-12/h9-10,12H,4-8H2,1-3H3,(H,15,16,17). The van der Waals surface area contributed by atoms with Crippen LogP contribution in [0.2, 0.25) is 0 Å². The van der Waals surface area contributed by atoms with Crippen LogP contribution in [0.4, 0.5) is 5.95 Å². The molecule has 0 aromatic carbocycles. The molecule has 19 heavy (non-hydrogen) atoms. The van der Waals surface area contributed by atoms with Gasteiger partial charge in [0, 0.05) is 24.9 Å². The second-order valence-corrected chi connectivity index (χ2v) is 5.19. The second-order valence-electron chi connectivity index (χ2n) is 5.19. The lowest BCUT2D eigenvalue weighted by molar-refractivity contribution is 0.107. The van der Waals surface area contributed by atoms with Crippen molar-refractivity contribution in [2.75, 3.05) is 18.5 Å². The molecular formula is C14H23N3O2. The van der Waals surface area contributed by atoms with Crippen LogP contribution in [0.5, 0.6) is 5.88 Å². The van der Waals surface area contributed by atoms with Gasteiger partial charge in [-0.1, -0.05) is 0 Å². The summed E-state index contributed by atoms with van der Waals surface area (Å²) >= 11 is 0. The third-order valence-electron chi connectivity index (χ3n) is 2.96. The summed E-state index contributed by atoms with van der Waals surface area (Å²) in [6, 6.07) is 1.85. The van der Waals surface area contributed by atoms with Crippen LogP contribution in [-0.2, 0) is 4.74 Å². The van der Waals surface area contributed by atoms with Crippen LogP contribution in [-0.4, -0.2) is 35.3 Å². The summed E-state index contributed by atoms with van der Waals surface area (Å²) < 4.78 is 11.2. The Labute approximate surface area is 114 Å². The summed E-state index contributed by atoms with van der Waals surface area (Å²) in [6.07, 6.45) is 3.85. The van der Waals surface area contributed by atoms with Crippen molar-refractivity contribution < 1.29 is 9.47 Å². The number of hydrogen-bond acceptors (Lipinski definition) is 5. The van der Waals surface area contributed by atoms with Crippen molar-refractivity contribution in [1.29, 1.82) is 0 Å². The van der Waals surface area contributed by atoms with E-state index in [1.54, 1.807) is 0 Å². The lowest BCUT2D eigenvalue weighted by Crippen LogP contribution is -2.15. The molecule has 1 fully saturated rings. The highest BCUT2D eigenvalue weighted by Gasteiger charge is 2.14. The first-order valence-electron chi connectivity index (χ1n) is 7.01. The van der Waals surface area contributed by atoms with E-state index in [-0.39, 0.29) is 6.10 Å². The molecule has 2 heterocycles. The van der Waals surface area contributed by atoms with Crippen molar-refractivity contribution >= 4 is 5.95 Å². The van der Waals surface area contributed by atoms with Crippen LogP contribution in [0, 0.1) is 6.92 Å². The number of hydrogen-bond donors (Lipinski definition) is 1. The Morgan fingerprint density at radius 3 is 3.00 bits per heavy atom. The summed E-state index contributed by atoms with van der Waals surface area (Å²) in [5.41, 5.74) is 0.908. The highest BCUT2D eigenvalue weighted by atomic mass is 16.5. The average Bonchev–Trinajstić information content (AvgIpc) is 2.80. The first-order valence-corrected chi connectivity index (χ1v) is 7.01. The molecular weight excluding hydrogens is 242 g/mol. The largest absolute Gasteiger partial charge is 0.475 e. The molecule has 1 aromatic heterocycles. The van der Waals surface area contributed by atoms with Crippen LogP contribution in [0.3, 0.4) is 0 Å². The summed E-state index contributed by atoms with van der Waals surface area (Å²) in [5.74, 6) is 1.26. The van der Waals surface area contributed by atoms with Gasteiger partial charge >= 0.3 is 0 Å². The molecule has 0 saturated carbocycles. The predicted molar refractivity (Wildman–Crippen MR) is 74.6 cm³/mol. The summed E-state index contributed by atoms with van der Waals surface area (Å²) in [5, 5.41) is 3.24. The molecule has 5 nitrogen and oxygen atoms in total. The van der Waals surface area contributed by atoms with Gasteiger partial charge in [-0.2, -0.15) is 4.98 Å². The molecule has 1 aliphatic rings. The van der Waals surface area contributed by atoms with E-state index in [4.69, 9.17) is 9.47 Å². The van der Waals surface area contributed by atoms with Crippen molar-refractivity contribution in [2.24, 2.45) is 0 Å². The number of anilines is 1. The Morgan fingerprint density at radius 1 is 1.47 bits per heavy atom. The fourth-order valence-corrected chi connectivity index (χ4v) is 2.14. The van der Waals surface area contributed by atoms with Crippen LogP contribution in [0.25, 0.3) is 0 Å². The molecule has 0 amide bonds. The van der Waals surface area contributed by atoms with Gasteiger partial charge in [-0.15, -0.1) is 0 Å². The van der Waals surface area contributed by atoms with Gasteiger partial charge in [0.2, 0.25) is 11.8 Å². The number of rotatable bonds is 6. The molecule has 1 unspecified atom stereocenters. The van der Waals surface area contributed by atoms with E-state index in [9.17, 15) is 0 Å². The quantitative estimate of drug-likeness (QED) is 0.856. The normalized spacial score (nSPS) is 18.8. The van der Waals surface area contributed by atoms with Crippen molar-refractivity contribution in [2.45, 2.75) is 52.2 Å². The van der Waals surface area contributed by atoms with Gasteiger partial charge in [-0.25, -0.2) is 4.98 Å². The zero-order valence-corrected chi connectivity index (χ0v) is 12.0. The minimum atomic E-state index is 0.119. The molecule has 1 aromatic rings. The molecule has 5 heteroatoms. The van der Waals surface area contributed by atoms with Gasteiger partial charge in [-0.3, -0.25) is 0 Å². The molecule has 0 radical (unpaired) electrons. The maximum Gasteiger partial charge on any atom is 0.226 e. The predicted octanol–water partition coefficient (Wildman–Crippen LogP) is 2.55. The van der Waals surface area contributed by atoms with Crippen LogP contribution in [0.15, 0.2) is 6.07 Å². The fraction of sp³-hybridized carbons (Fsp3) is 0.714. The van der Waals surface area contributed by atoms with E-state index in [1.165, 1.54) is 6.42 Å². The zero-order valence-electron chi connectivity index (χ0n) is 12.0. The molecule has 1 saturated heterocycles. The Kier molecular flexibility index (Phi) is 4.96. The monoisotopic (exact) mass is 265 g/mol. The van der Waals surface area contributed by atoms with Gasteiger partial charge in [-0.05, 0) is 40.0 Å². The number of aryl methyl sites for hydroxylation is 1. The van der Waals surface area contributed by atoms with E-state index in [0.717, 1.165) is 31.7 Å². The van der Waals surface area contributed by atoms with Crippen LogP contribution < -0.4 is 10.1 Å². The maximum absolute atomic E-state index is 5.60. The first kappa shape index (κ1) is 14.1. The summed E-state index contributed by atoms with van der Waals surface area (Å²) in [7, 11) is 0. The Hall–Kier alpha value is -1.36. The molecule has 1 N–H and O–H groups in total. The molecule has 0 aliphatic carbocycles. The van der Waals surface area contributed by atoms with Gasteiger partial charge in [0.1, 0.15) is 0 Å². The Bertz CT molecular complexity index is 404. The highest BCUT2D eigenvalue weighted by Crippen LogP contribution is 2.16. The number of nitrogens with one attached hydrogen (secondary N) is 1. The zero-order chi connectivity index (χ0) is 13.7. The Balaban J connectivity index is 1.86. The first-order chi connectivity index (χ1) is 9.13. The summed E-state index contributed by atoms with van der Waals surface area (Å²) in [6.45, 7) is 7.65. The topological polar surface area (TPSA) is 56.3 Å². The van der Waals surface area contributed by atoms with Gasteiger partial charge in [0.05, 0.1) is 12.2 Å². The maximum atomic E-state index is 5.60. The molecule has 106 valence electrons. The summed E-state index contributed by atoms with van der Waals surface area (Å²) in [4.78, 5) is 8.71. The Morgan fingerprint density at radius 2 is 2.32 bits per heavy atom. The number of nitrogens with zero attached hydrogens (tertiary/aromatic N) is 2. The third-order valence-corrected chi connectivity index (χ3v) is 2.96. The molecule has 0 bridgehead atoms. The van der Waals surface area contributed by atoms with Crippen molar-refractivity contribution in [1.82, 2.24) is 9.97 Å². The number of ether oxygens (including phenoxy) is 2. The van der Waals surface area contributed by atoms with Crippen molar-refractivity contribution in [3.05, 3.63) is 11.8 Å². The lowest BCUT2D eigenvalue weighted by Gasteiger charge is -2.12. The SMILES string of the molecule is Cc1cc(OC(C)C)nc(NCCC2CCCO2)n1. The average molecular weight is 265 g/mol. The molecule has 1 aliphatic heterocycles. The third kappa shape index (κ3) is 4.67. The van der Waals surface area contributed by atoms with Crippen molar-refractivity contribution in [3.63, 3.8) is 0 Å². The van der Waals surface area contributed by atoms with Gasteiger partial charge in [0.25, 0.3) is 0 Å². The minimum Gasteiger partial charge on any atom is -0.475 e. The molecule has 0 spiro atoms. The van der Waals surface area contributed by atoms with E-state index in [2.05, 4.69) is 15.3 Å². The van der Waals surface area contributed by atoms with Crippen LogP contribution in [0.1, 0.15) is 38.8 Å². The van der Waals surface area contributed by atoms with Crippen molar-refractivity contribution in [3.8, 4) is 5.88 Å². The fourth-order valence-electron chi connectivity index (χ4n) is 2.14. The lowest BCUT2D eigenvalue weighted by atomic mass is 10.2. The molecule has 1 atom stereocenters. The van der Waals surface area contributed by atoms with Gasteiger partial charge < -0.3 is 14.8 Å². The highest BCUT2D eigenvalue weighted by molar-refractivity contribution is 5.30.